The molecule has 1 aromatic heterocycles. The van der Waals surface area contributed by atoms with Gasteiger partial charge in [-0.15, -0.1) is 0 Å². The molecule has 0 atom stereocenters. The monoisotopic (exact) mass is 250 g/mol. The molecule has 3 nitrogen and oxygen atoms in total. The van der Waals surface area contributed by atoms with Crippen LogP contribution in [-0.4, -0.2) is 23.5 Å². The first-order valence-corrected chi connectivity index (χ1v) is 6.96. The maximum atomic E-state index is 5.64. The van der Waals surface area contributed by atoms with E-state index < -0.39 is 0 Å². The van der Waals surface area contributed by atoms with E-state index in [1.807, 2.05) is 6.26 Å². The Labute approximate surface area is 111 Å². The lowest BCUT2D eigenvalue weighted by Crippen LogP contribution is -2.37. The summed E-state index contributed by atoms with van der Waals surface area (Å²) in [5, 5.41) is 3.52. The number of nitrogens with zero attached hydrogens (tertiary/aromatic N) is 1. The van der Waals surface area contributed by atoms with Crippen molar-refractivity contribution in [2.75, 3.05) is 7.05 Å². The molecule has 0 aliphatic heterocycles. The van der Waals surface area contributed by atoms with Crippen LogP contribution in [0.5, 0.6) is 0 Å². The van der Waals surface area contributed by atoms with Gasteiger partial charge in [0.1, 0.15) is 5.76 Å². The predicted octanol–water partition coefficient (Wildman–Crippen LogP) is 3.15. The fourth-order valence-corrected chi connectivity index (χ4v) is 2.21. The molecule has 1 fully saturated rings. The molecule has 1 aromatic rings. The van der Waals surface area contributed by atoms with E-state index in [9.17, 15) is 0 Å². The van der Waals surface area contributed by atoms with Gasteiger partial charge < -0.3 is 9.73 Å². The lowest BCUT2D eigenvalue weighted by Gasteiger charge is -2.34. The summed E-state index contributed by atoms with van der Waals surface area (Å²) in [5.74, 6) is 1.11. The minimum Gasteiger partial charge on any atom is -0.468 e. The third kappa shape index (κ3) is 3.59. The number of hydrogen-bond donors (Lipinski definition) is 1. The minimum atomic E-state index is 0.147. The Hall–Kier alpha value is -0.800. The third-order valence-corrected chi connectivity index (χ3v) is 3.74. The van der Waals surface area contributed by atoms with Crippen LogP contribution in [0.15, 0.2) is 16.7 Å². The summed E-state index contributed by atoms with van der Waals surface area (Å²) >= 11 is 0. The van der Waals surface area contributed by atoms with Crippen molar-refractivity contribution in [2.24, 2.45) is 0 Å². The zero-order valence-electron chi connectivity index (χ0n) is 12.1. The van der Waals surface area contributed by atoms with E-state index in [1.165, 1.54) is 24.8 Å². The fraction of sp³-hybridized carbons (Fsp3) is 0.733. The Morgan fingerprint density at radius 3 is 2.67 bits per heavy atom. The molecule has 2 rings (SSSR count). The van der Waals surface area contributed by atoms with Crippen LogP contribution in [0.3, 0.4) is 0 Å². The first kappa shape index (κ1) is 13.6. The van der Waals surface area contributed by atoms with Gasteiger partial charge in [-0.2, -0.15) is 0 Å². The lowest BCUT2D eigenvalue weighted by atomic mass is 9.92. The van der Waals surface area contributed by atoms with Gasteiger partial charge in [0.25, 0.3) is 0 Å². The summed E-state index contributed by atoms with van der Waals surface area (Å²) in [4.78, 5) is 2.42. The molecule has 0 aromatic carbocycles. The van der Waals surface area contributed by atoms with Crippen molar-refractivity contribution < 1.29 is 4.42 Å². The molecule has 0 unspecified atom stereocenters. The van der Waals surface area contributed by atoms with Crippen molar-refractivity contribution in [2.45, 2.75) is 64.7 Å². The van der Waals surface area contributed by atoms with Gasteiger partial charge in [0, 0.05) is 23.7 Å². The summed E-state index contributed by atoms with van der Waals surface area (Å²) in [7, 11) is 2.20. The van der Waals surface area contributed by atoms with Crippen LogP contribution in [0.1, 0.15) is 51.4 Å². The fourth-order valence-electron chi connectivity index (χ4n) is 2.21. The van der Waals surface area contributed by atoms with Crippen molar-refractivity contribution >= 4 is 0 Å². The summed E-state index contributed by atoms with van der Waals surface area (Å²) in [6.07, 6.45) is 5.87. The molecule has 18 heavy (non-hydrogen) atoms. The molecule has 1 saturated carbocycles. The molecule has 1 aliphatic rings. The maximum absolute atomic E-state index is 5.64. The highest BCUT2D eigenvalue weighted by Gasteiger charge is 2.23. The molecule has 0 radical (unpaired) electrons. The van der Waals surface area contributed by atoms with Gasteiger partial charge in [0.05, 0.1) is 12.8 Å². The largest absolute Gasteiger partial charge is 0.468 e. The van der Waals surface area contributed by atoms with Crippen LogP contribution in [-0.2, 0) is 13.1 Å². The van der Waals surface area contributed by atoms with Crippen molar-refractivity contribution in [1.82, 2.24) is 10.2 Å². The van der Waals surface area contributed by atoms with E-state index in [4.69, 9.17) is 4.42 Å². The Morgan fingerprint density at radius 2 is 2.11 bits per heavy atom. The molecule has 3 heteroatoms. The highest BCUT2D eigenvalue weighted by Crippen LogP contribution is 2.25. The van der Waals surface area contributed by atoms with Gasteiger partial charge >= 0.3 is 0 Å². The molecular formula is C15H26N2O. The number of rotatable bonds is 5. The first-order valence-electron chi connectivity index (χ1n) is 6.96. The van der Waals surface area contributed by atoms with Crippen molar-refractivity contribution in [3.63, 3.8) is 0 Å². The number of furan rings is 1. The van der Waals surface area contributed by atoms with Gasteiger partial charge in [-0.1, -0.05) is 6.42 Å². The zero-order chi connectivity index (χ0) is 13.2. The maximum Gasteiger partial charge on any atom is 0.122 e. The van der Waals surface area contributed by atoms with E-state index in [1.54, 1.807) is 0 Å². The van der Waals surface area contributed by atoms with E-state index >= 15 is 0 Å². The standard InChI is InChI=1S/C15H26N2O/c1-15(2,3)16-10-12-8-9-18-14(12)11-17(4)13-6-5-7-13/h8-9,13,16H,5-7,10-11H2,1-4H3. The molecule has 0 saturated heterocycles. The molecular weight excluding hydrogens is 224 g/mol. The number of hydrogen-bond acceptors (Lipinski definition) is 3. The van der Waals surface area contributed by atoms with Gasteiger partial charge in [-0.25, -0.2) is 0 Å². The molecule has 1 heterocycles. The smallest absolute Gasteiger partial charge is 0.122 e. The van der Waals surface area contributed by atoms with Crippen LogP contribution in [0.25, 0.3) is 0 Å². The molecule has 0 spiro atoms. The van der Waals surface area contributed by atoms with Crippen LogP contribution in [0.4, 0.5) is 0 Å². The Balaban J connectivity index is 1.90. The van der Waals surface area contributed by atoms with Crippen LogP contribution >= 0.6 is 0 Å². The second-order valence-electron chi connectivity index (χ2n) is 6.47. The van der Waals surface area contributed by atoms with E-state index in [0.29, 0.717) is 0 Å². The van der Waals surface area contributed by atoms with Crippen LogP contribution in [0.2, 0.25) is 0 Å². The Morgan fingerprint density at radius 1 is 1.39 bits per heavy atom. The van der Waals surface area contributed by atoms with Crippen LogP contribution < -0.4 is 5.32 Å². The summed E-state index contributed by atoms with van der Waals surface area (Å²) in [6.45, 7) is 8.38. The molecule has 0 amide bonds. The normalized spacial score (nSPS) is 17.2. The van der Waals surface area contributed by atoms with Gasteiger partial charge in [-0.05, 0) is 46.7 Å². The molecule has 0 bridgehead atoms. The molecule has 1 N–H and O–H groups in total. The van der Waals surface area contributed by atoms with Gasteiger partial charge in [-0.3, -0.25) is 4.90 Å². The third-order valence-electron chi connectivity index (χ3n) is 3.74. The van der Waals surface area contributed by atoms with E-state index in [-0.39, 0.29) is 5.54 Å². The number of nitrogens with one attached hydrogen (secondary N) is 1. The average Bonchev–Trinajstić information content (AvgIpc) is 2.58. The molecule has 102 valence electrons. The van der Waals surface area contributed by atoms with Gasteiger partial charge in [0.2, 0.25) is 0 Å². The zero-order valence-corrected chi connectivity index (χ0v) is 12.1. The van der Waals surface area contributed by atoms with Crippen molar-refractivity contribution in [1.29, 1.82) is 0 Å². The average molecular weight is 250 g/mol. The highest BCUT2D eigenvalue weighted by atomic mass is 16.3. The minimum absolute atomic E-state index is 0.147. The molecule has 1 aliphatic carbocycles. The topological polar surface area (TPSA) is 28.4 Å². The highest BCUT2D eigenvalue weighted by molar-refractivity contribution is 5.17. The lowest BCUT2D eigenvalue weighted by molar-refractivity contribution is 0.142. The van der Waals surface area contributed by atoms with Crippen molar-refractivity contribution in [3.05, 3.63) is 23.7 Å². The Bertz CT molecular complexity index is 374. The van der Waals surface area contributed by atoms with E-state index in [2.05, 4.69) is 44.1 Å². The SMILES string of the molecule is CN(Cc1occc1CNC(C)(C)C)C1CCC1. The van der Waals surface area contributed by atoms with Crippen LogP contribution in [0, 0.1) is 0 Å². The summed E-state index contributed by atoms with van der Waals surface area (Å²) in [6, 6.07) is 2.85. The summed E-state index contributed by atoms with van der Waals surface area (Å²) in [5.41, 5.74) is 1.44. The second kappa shape index (κ2) is 5.45. The Kier molecular flexibility index (Phi) is 4.13. The quantitative estimate of drug-likeness (QED) is 0.870. The summed E-state index contributed by atoms with van der Waals surface area (Å²) < 4.78 is 5.64. The predicted molar refractivity (Wildman–Crippen MR) is 74.4 cm³/mol. The second-order valence-corrected chi connectivity index (χ2v) is 6.47. The van der Waals surface area contributed by atoms with Crippen molar-refractivity contribution in [3.8, 4) is 0 Å². The van der Waals surface area contributed by atoms with Gasteiger partial charge in [0.15, 0.2) is 0 Å². The first-order chi connectivity index (χ1) is 8.46. The van der Waals surface area contributed by atoms with E-state index in [0.717, 1.165) is 24.9 Å².